The van der Waals surface area contributed by atoms with Crippen molar-refractivity contribution in [2.24, 2.45) is 5.92 Å². The molecule has 3 atom stereocenters. The molecule has 3 aliphatic rings. The molecule has 3 aromatic rings. The zero-order valence-electron chi connectivity index (χ0n) is 18.9. The van der Waals surface area contributed by atoms with Gasteiger partial charge in [-0.1, -0.05) is 12.1 Å². The summed E-state index contributed by atoms with van der Waals surface area (Å²) in [4.78, 5) is 29.7. The first-order valence-electron chi connectivity index (χ1n) is 11.4. The van der Waals surface area contributed by atoms with Crippen LogP contribution in [0.4, 0.5) is 5.82 Å². The third kappa shape index (κ3) is 3.85. The number of nitrogens with zero attached hydrogens (tertiary/aromatic N) is 4. The highest BCUT2D eigenvalue weighted by Gasteiger charge is 2.44. The van der Waals surface area contributed by atoms with E-state index in [0.717, 1.165) is 53.3 Å². The fraction of sp³-hybridized carbons (Fsp3) is 0.385. The molecule has 1 amide bonds. The highest BCUT2D eigenvalue weighted by atomic mass is 16.2. The molecular formula is C26H29N5O. The van der Waals surface area contributed by atoms with Crippen molar-refractivity contribution in [3.05, 3.63) is 71.3 Å². The minimum atomic E-state index is 0.00631. The molecule has 0 radical (unpaired) electrons. The van der Waals surface area contributed by atoms with Gasteiger partial charge in [0, 0.05) is 36.2 Å². The minimum absolute atomic E-state index is 0.00631. The standard InChI is InChI=1S/C26H29N5O/c1-16-6-11-23(28-14-16)30-21-13-19-8-10-22(21)31(15-19)26(32)25-20(9-7-18(3)29-25)24-17(2)5-4-12-27-24/h4-7,9,11-12,14,19,21-22H,8,10,13,15H2,1-3H3,(H,28,30). The van der Waals surface area contributed by atoms with Gasteiger partial charge in [0.25, 0.3) is 5.91 Å². The van der Waals surface area contributed by atoms with Crippen LogP contribution in [0, 0.1) is 26.7 Å². The van der Waals surface area contributed by atoms with E-state index in [1.807, 2.05) is 62.2 Å². The zero-order valence-corrected chi connectivity index (χ0v) is 18.9. The van der Waals surface area contributed by atoms with E-state index in [9.17, 15) is 4.79 Å². The Morgan fingerprint density at radius 2 is 1.94 bits per heavy atom. The molecule has 2 aliphatic heterocycles. The third-order valence-electron chi connectivity index (χ3n) is 6.78. The Bertz CT molecular complexity index is 1140. The maximum atomic E-state index is 13.9. The van der Waals surface area contributed by atoms with Gasteiger partial charge in [-0.3, -0.25) is 9.78 Å². The number of piperidine rings is 2. The van der Waals surface area contributed by atoms with Crippen LogP contribution in [0.5, 0.6) is 0 Å². The van der Waals surface area contributed by atoms with E-state index in [4.69, 9.17) is 4.98 Å². The van der Waals surface area contributed by atoms with Gasteiger partial charge in [0.15, 0.2) is 0 Å². The number of anilines is 1. The highest BCUT2D eigenvalue weighted by molar-refractivity contribution is 5.99. The first-order chi connectivity index (χ1) is 15.5. The van der Waals surface area contributed by atoms with Crippen molar-refractivity contribution in [3.63, 3.8) is 0 Å². The van der Waals surface area contributed by atoms with E-state index >= 15 is 0 Å². The van der Waals surface area contributed by atoms with Gasteiger partial charge in [-0.15, -0.1) is 0 Å². The Labute approximate surface area is 189 Å². The summed E-state index contributed by atoms with van der Waals surface area (Å²) in [6, 6.07) is 12.3. The van der Waals surface area contributed by atoms with Crippen LogP contribution < -0.4 is 5.32 Å². The molecule has 6 heteroatoms. The Morgan fingerprint density at radius 3 is 2.69 bits per heavy atom. The molecule has 32 heavy (non-hydrogen) atoms. The van der Waals surface area contributed by atoms with E-state index in [0.29, 0.717) is 11.6 Å². The van der Waals surface area contributed by atoms with Gasteiger partial charge in [-0.05, 0) is 81.3 Å². The predicted molar refractivity (Wildman–Crippen MR) is 125 cm³/mol. The van der Waals surface area contributed by atoms with E-state index in [1.54, 1.807) is 6.20 Å². The van der Waals surface area contributed by atoms with Crippen molar-refractivity contribution in [1.29, 1.82) is 0 Å². The second kappa shape index (κ2) is 8.34. The molecule has 3 unspecified atom stereocenters. The largest absolute Gasteiger partial charge is 0.365 e. The number of aromatic nitrogens is 3. The number of hydrogen-bond donors (Lipinski definition) is 1. The maximum absolute atomic E-state index is 13.9. The molecule has 1 aliphatic carbocycles. The molecule has 6 nitrogen and oxygen atoms in total. The summed E-state index contributed by atoms with van der Waals surface area (Å²) in [6.45, 7) is 6.78. The molecule has 2 bridgehead atoms. The van der Waals surface area contributed by atoms with E-state index < -0.39 is 0 Å². The van der Waals surface area contributed by atoms with Crippen molar-refractivity contribution < 1.29 is 4.79 Å². The summed E-state index contributed by atoms with van der Waals surface area (Å²) in [6.07, 6.45) is 6.89. The van der Waals surface area contributed by atoms with Crippen molar-refractivity contribution >= 4 is 11.7 Å². The summed E-state index contributed by atoms with van der Waals surface area (Å²) in [5.41, 5.74) is 5.16. The molecule has 6 rings (SSSR count). The second-order valence-corrected chi connectivity index (χ2v) is 9.19. The van der Waals surface area contributed by atoms with Gasteiger partial charge in [0.2, 0.25) is 0 Å². The fourth-order valence-electron chi connectivity index (χ4n) is 5.14. The van der Waals surface area contributed by atoms with Crippen molar-refractivity contribution in [2.75, 3.05) is 11.9 Å². The molecule has 1 saturated carbocycles. The first-order valence-corrected chi connectivity index (χ1v) is 11.4. The van der Waals surface area contributed by atoms with E-state index in [-0.39, 0.29) is 18.0 Å². The quantitative estimate of drug-likeness (QED) is 0.660. The molecule has 1 N–H and O–H groups in total. The maximum Gasteiger partial charge on any atom is 0.273 e. The van der Waals surface area contributed by atoms with E-state index in [1.165, 1.54) is 6.42 Å². The number of hydrogen-bond acceptors (Lipinski definition) is 5. The Balaban J connectivity index is 1.46. The van der Waals surface area contributed by atoms with Crippen LogP contribution in [-0.2, 0) is 0 Å². The van der Waals surface area contributed by atoms with Crippen molar-refractivity contribution in [2.45, 2.75) is 52.1 Å². The summed E-state index contributed by atoms with van der Waals surface area (Å²) < 4.78 is 0. The molecule has 0 spiro atoms. The van der Waals surface area contributed by atoms with E-state index in [2.05, 4.69) is 21.4 Å². The van der Waals surface area contributed by atoms with Crippen LogP contribution in [0.25, 0.3) is 11.3 Å². The predicted octanol–water partition coefficient (Wildman–Crippen LogP) is 4.57. The van der Waals surface area contributed by atoms with Crippen LogP contribution >= 0.6 is 0 Å². The molecule has 164 valence electrons. The van der Waals surface area contributed by atoms with Crippen LogP contribution in [-0.4, -0.2) is 44.4 Å². The number of fused-ring (bicyclic) bond motifs is 3. The van der Waals surface area contributed by atoms with Crippen LogP contribution in [0.2, 0.25) is 0 Å². The van der Waals surface area contributed by atoms with Crippen LogP contribution in [0.1, 0.15) is 46.6 Å². The summed E-state index contributed by atoms with van der Waals surface area (Å²) in [5.74, 6) is 1.38. The summed E-state index contributed by atoms with van der Waals surface area (Å²) in [7, 11) is 0. The topological polar surface area (TPSA) is 71.0 Å². The third-order valence-corrected chi connectivity index (χ3v) is 6.78. The lowest BCUT2D eigenvalue weighted by Gasteiger charge is -2.50. The SMILES string of the molecule is Cc1ccc(NC2CC3CCC2N(C(=O)c2nc(C)ccc2-c2ncccc2C)C3)nc1. The van der Waals surface area contributed by atoms with Gasteiger partial charge in [-0.2, -0.15) is 0 Å². The van der Waals surface area contributed by atoms with Gasteiger partial charge in [0.1, 0.15) is 11.5 Å². The molecular weight excluding hydrogens is 398 g/mol. The number of carbonyl (C=O) groups excluding carboxylic acids is 1. The Kier molecular flexibility index (Phi) is 5.37. The summed E-state index contributed by atoms with van der Waals surface area (Å²) in [5, 5.41) is 3.60. The van der Waals surface area contributed by atoms with Gasteiger partial charge >= 0.3 is 0 Å². The number of amides is 1. The van der Waals surface area contributed by atoms with Gasteiger partial charge in [0.05, 0.1) is 11.7 Å². The monoisotopic (exact) mass is 427 g/mol. The number of pyridine rings is 3. The number of carbonyl (C=O) groups is 1. The number of rotatable bonds is 4. The Hall–Kier alpha value is -3.28. The minimum Gasteiger partial charge on any atom is -0.365 e. The first kappa shape index (κ1) is 20.6. The average Bonchev–Trinajstić information content (AvgIpc) is 2.81. The number of nitrogens with one attached hydrogen (secondary N) is 1. The highest BCUT2D eigenvalue weighted by Crippen LogP contribution is 2.38. The second-order valence-electron chi connectivity index (χ2n) is 9.19. The zero-order chi connectivity index (χ0) is 22.2. The Morgan fingerprint density at radius 1 is 1.06 bits per heavy atom. The number of aryl methyl sites for hydroxylation is 3. The van der Waals surface area contributed by atoms with Crippen LogP contribution in [0.15, 0.2) is 48.8 Å². The smallest absolute Gasteiger partial charge is 0.273 e. The lowest BCUT2D eigenvalue weighted by molar-refractivity contribution is 0.0277. The molecule has 0 aromatic carbocycles. The molecule has 3 aromatic heterocycles. The van der Waals surface area contributed by atoms with Crippen LogP contribution in [0.3, 0.4) is 0 Å². The van der Waals surface area contributed by atoms with Gasteiger partial charge in [-0.25, -0.2) is 9.97 Å². The molecule has 3 fully saturated rings. The van der Waals surface area contributed by atoms with Crippen molar-refractivity contribution in [3.8, 4) is 11.3 Å². The fourth-order valence-corrected chi connectivity index (χ4v) is 5.14. The summed E-state index contributed by atoms with van der Waals surface area (Å²) >= 11 is 0. The van der Waals surface area contributed by atoms with Crippen molar-refractivity contribution in [1.82, 2.24) is 19.9 Å². The normalized spacial score (nSPS) is 22.1. The average molecular weight is 428 g/mol. The molecule has 2 saturated heterocycles. The lowest BCUT2D eigenvalue weighted by atomic mass is 9.76. The molecule has 5 heterocycles. The lowest BCUT2D eigenvalue weighted by Crippen LogP contribution is -2.60. The van der Waals surface area contributed by atoms with Gasteiger partial charge < -0.3 is 10.2 Å².